The lowest BCUT2D eigenvalue weighted by atomic mass is 9.98. The maximum atomic E-state index is 9.71. The normalized spacial score (nSPS) is 14.1. The van der Waals surface area contributed by atoms with E-state index in [0.29, 0.717) is 5.69 Å². The van der Waals surface area contributed by atoms with Crippen LogP contribution in [0.4, 0.5) is 11.5 Å². The number of hydrogen-bond acceptors (Lipinski definition) is 4. The summed E-state index contributed by atoms with van der Waals surface area (Å²) in [5.74, 6) is 1.05. The van der Waals surface area contributed by atoms with Crippen molar-refractivity contribution in [2.75, 3.05) is 11.1 Å². The van der Waals surface area contributed by atoms with Crippen molar-refractivity contribution in [3.63, 3.8) is 0 Å². The Kier molecular flexibility index (Phi) is 3.71. The van der Waals surface area contributed by atoms with Crippen LogP contribution in [0, 0.1) is 0 Å². The van der Waals surface area contributed by atoms with E-state index in [-0.39, 0.29) is 5.92 Å². The second-order valence-electron chi connectivity index (χ2n) is 5.45. The summed E-state index contributed by atoms with van der Waals surface area (Å²) >= 11 is 0. The molecule has 0 aliphatic carbocycles. The number of hydrogen-bond donors (Lipinski definition) is 3. The van der Waals surface area contributed by atoms with Gasteiger partial charge in [-0.05, 0) is 26.7 Å². The summed E-state index contributed by atoms with van der Waals surface area (Å²) in [6, 6.07) is 0. The van der Waals surface area contributed by atoms with Gasteiger partial charge in [0.25, 0.3) is 0 Å². The third-order valence-corrected chi connectivity index (χ3v) is 3.14. The Labute approximate surface area is 103 Å². The molecule has 1 unspecified atom stereocenters. The van der Waals surface area contributed by atoms with Crippen LogP contribution < -0.4 is 11.1 Å². The Morgan fingerprint density at radius 1 is 1.35 bits per heavy atom. The van der Waals surface area contributed by atoms with Gasteiger partial charge in [0.15, 0.2) is 0 Å². The second kappa shape index (κ2) is 4.56. The quantitative estimate of drug-likeness (QED) is 0.748. The molecule has 0 fully saturated rings. The van der Waals surface area contributed by atoms with Gasteiger partial charge in [0.2, 0.25) is 0 Å². The van der Waals surface area contributed by atoms with Crippen LogP contribution in [-0.4, -0.2) is 26.5 Å². The van der Waals surface area contributed by atoms with Gasteiger partial charge in [0.05, 0.1) is 23.0 Å². The fourth-order valence-corrected chi connectivity index (χ4v) is 1.55. The van der Waals surface area contributed by atoms with Crippen molar-refractivity contribution in [2.24, 2.45) is 7.05 Å². The van der Waals surface area contributed by atoms with Gasteiger partial charge in [-0.15, -0.1) is 0 Å². The summed E-state index contributed by atoms with van der Waals surface area (Å²) < 4.78 is 1.73. The van der Waals surface area contributed by atoms with E-state index in [9.17, 15) is 5.11 Å². The predicted molar refractivity (Wildman–Crippen MR) is 71.1 cm³/mol. The maximum Gasteiger partial charge on any atom is 0.148 e. The van der Waals surface area contributed by atoms with E-state index >= 15 is 0 Å². The van der Waals surface area contributed by atoms with Crippen molar-refractivity contribution in [3.05, 3.63) is 5.69 Å². The molecule has 1 atom stereocenters. The first-order valence-corrected chi connectivity index (χ1v) is 5.95. The fourth-order valence-electron chi connectivity index (χ4n) is 1.55. The minimum absolute atomic E-state index is 0.284. The Hall–Kier alpha value is -1.23. The fraction of sp³-hybridized carbons (Fsp3) is 0.750. The summed E-state index contributed by atoms with van der Waals surface area (Å²) in [5.41, 5.74) is 7.19. The van der Waals surface area contributed by atoms with Crippen molar-refractivity contribution in [2.45, 2.75) is 52.2 Å². The Morgan fingerprint density at radius 3 is 2.24 bits per heavy atom. The van der Waals surface area contributed by atoms with Crippen LogP contribution >= 0.6 is 0 Å². The molecule has 0 spiro atoms. The van der Waals surface area contributed by atoms with Gasteiger partial charge in [-0.2, -0.15) is 5.10 Å². The smallest absolute Gasteiger partial charge is 0.148 e. The molecule has 1 heterocycles. The van der Waals surface area contributed by atoms with Crippen LogP contribution in [0.2, 0.25) is 0 Å². The van der Waals surface area contributed by atoms with Crippen LogP contribution in [-0.2, 0) is 7.05 Å². The minimum atomic E-state index is -0.487. The third kappa shape index (κ3) is 2.72. The first kappa shape index (κ1) is 13.8. The summed E-state index contributed by atoms with van der Waals surface area (Å²) in [7, 11) is 1.85. The molecule has 0 aliphatic heterocycles. The zero-order valence-corrected chi connectivity index (χ0v) is 11.6. The third-order valence-electron chi connectivity index (χ3n) is 3.14. The average Bonchev–Trinajstić information content (AvgIpc) is 2.45. The number of nitrogens with one attached hydrogen (secondary N) is 1. The first-order valence-electron chi connectivity index (χ1n) is 5.95. The number of nitrogens with zero attached hydrogens (tertiary/aromatic N) is 2. The highest BCUT2D eigenvalue weighted by atomic mass is 16.3. The summed E-state index contributed by atoms with van der Waals surface area (Å²) in [5, 5.41) is 17.4. The first-order chi connectivity index (χ1) is 7.66. The monoisotopic (exact) mass is 240 g/mol. The second-order valence-corrected chi connectivity index (χ2v) is 5.45. The molecule has 98 valence electrons. The summed E-state index contributed by atoms with van der Waals surface area (Å²) in [4.78, 5) is 0. The molecule has 0 bridgehead atoms. The molecule has 0 amide bonds. The molecule has 0 saturated heterocycles. The van der Waals surface area contributed by atoms with E-state index in [1.807, 2.05) is 20.9 Å². The van der Waals surface area contributed by atoms with Gasteiger partial charge in [0, 0.05) is 7.05 Å². The van der Waals surface area contributed by atoms with Gasteiger partial charge in [-0.3, -0.25) is 4.68 Å². The molecule has 5 heteroatoms. The molecule has 1 aromatic heterocycles. The molecule has 5 nitrogen and oxygen atoms in total. The van der Waals surface area contributed by atoms with Gasteiger partial charge >= 0.3 is 0 Å². The lowest BCUT2D eigenvalue weighted by Gasteiger charge is -2.30. The van der Waals surface area contributed by atoms with Crippen LogP contribution in [0.15, 0.2) is 0 Å². The lowest BCUT2D eigenvalue weighted by molar-refractivity contribution is 0.133. The number of aryl methyl sites for hydroxylation is 1. The molecule has 17 heavy (non-hydrogen) atoms. The van der Waals surface area contributed by atoms with E-state index in [2.05, 4.69) is 24.3 Å². The van der Waals surface area contributed by atoms with Gasteiger partial charge in [-0.1, -0.05) is 13.8 Å². The Balaban J connectivity index is 3.08. The van der Waals surface area contributed by atoms with E-state index in [1.54, 1.807) is 11.6 Å². The highest BCUT2D eigenvalue weighted by molar-refractivity contribution is 5.66. The van der Waals surface area contributed by atoms with Crippen molar-refractivity contribution in [1.82, 2.24) is 9.78 Å². The zero-order chi connectivity index (χ0) is 13.4. The molecule has 4 N–H and O–H groups in total. The van der Waals surface area contributed by atoms with Crippen LogP contribution in [0.3, 0.4) is 0 Å². The SMILES string of the molecule is CC(C)c1nn(C)c(NC(C)(C)C(C)O)c1N. The van der Waals surface area contributed by atoms with E-state index in [1.165, 1.54) is 0 Å². The van der Waals surface area contributed by atoms with Crippen molar-refractivity contribution < 1.29 is 5.11 Å². The minimum Gasteiger partial charge on any atom is -0.394 e. The predicted octanol–water partition coefficient (Wildman–Crippen LogP) is 1.70. The average molecular weight is 240 g/mol. The van der Waals surface area contributed by atoms with E-state index in [4.69, 9.17) is 5.73 Å². The molecule has 1 aromatic rings. The topological polar surface area (TPSA) is 76.1 Å². The van der Waals surface area contributed by atoms with E-state index < -0.39 is 11.6 Å². The zero-order valence-electron chi connectivity index (χ0n) is 11.6. The Morgan fingerprint density at radius 2 is 1.88 bits per heavy atom. The van der Waals surface area contributed by atoms with E-state index in [0.717, 1.165) is 11.5 Å². The number of aliphatic hydroxyl groups excluding tert-OH is 1. The van der Waals surface area contributed by atoms with Crippen molar-refractivity contribution in [3.8, 4) is 0 Å². The molecule has 0 aliphatic rings. The highest BCUT2D eigenvalue weighted by Gasteiger charge is 2.27. The number of aliphatic hydroxyl groups is 1. The summed E-state index contributed by atoms with van der Waals surface area (Å²) in [6.07, 6.45) is -0.487. The van der Waals surface area contributed by atoms with Gasteiger partial charge < -0.3 is 16.2 Å². The molecule has 0 saturated carbocycles. The molecule has 0 aromatic carbocycles. The molecule has 1 rings (SSSR count). The number of anilines is 2. The maximum absolute atomic E-state index is 9.71. The molecular weight excluding hydrogens is 216 g/mol. The lowest BCUT2D eigenvalue weighted by Crippen LogP contribution is -2.42. The van der Waals surface area contributed by atoms with Gasteiger partial charge in [-0.25, -0.2) is 0 Å². The Bertz CT molecular complexity index is 393. The number of aromatic nitrogens is 2. The summed E-state index contributed by atoms with van der Waals surface area (Å²) in [6.45, 7) is 9.73. The highest BCUT2D eigenvalue weighted by Crippen LogP contribution is 2.30. The molecule has 0 radical (unpaired) electrons. The largest absolute Gasteiger partial charge is 0.394 e. The van der Waals surface area contributed by atoms with Crippen molar-refractivity contribution in [1.29, 1.82) is 0 Å². The standard InChI is InChI=1S/C12H24N4O/c1-7(2)10-9(13)11(16(6)15-10)14-12(4,5)8(3)17/h7-8,14,17H,13H2,1-6H3. The number of nitrogen functional groups attached to an aromatic ring is 1. The van der Waals surface area contributed by atoms with Crippen LogP contribution in [0.5, 0.6) is 0 Å². The van der Waals surface area contributed by atoms with Crippen LogP contribution in [0.1, 0.15) is 46.2 Å². The van der Waals surface area contributed by atoms with Gasteiger partial charge in [0.1, 0.15) is 5.82 Å². The number of rotatable bonds is 4. The van der Waals surface area contributed by atoms with Crippen molar-refractivity contribution >= 4 is 11.5 Å². The number of nitrogens with two attached hydrogens (primary N) is 1. The molecular formula is C12H24N4O. The van der Waals surface area contributed by atoms with Crippen LogP contribution in [0.25, 0.3) is 0 Å².